The van der Waals surface area contributed by atoms with Crippen molar-refractivity contribution < 1.29 is 0 Å². The Morgan fingerprint density at radius 1 is 1.39 bits per heavy atom. The van der Waals surface area contributed by atoms with Crippen LogP contribution in [-0.4, -0.2) is 16.0 Å². The third-order valence-corrected chi connectivity index (χ3v) is 3.49. The lowest BCUT2D eigenvalue weighted by atomic mass is 10.2. The zero-order valence-corrected chi connectivity index (χ0v) is 11.4. The Hall–Kier alpha value is -1.93. The number of nitriles is 1. The molecule has 0 radical (unpaired) electrons. The molecule has 0 atom stereocenters. The lowest BCUT2D eigenvalue weighted by Crippen LogP contribution is -2.01. The van der Waals surface area contributed by atoms with Crippen molar-refractivity contribution in [2.75, 3.05) is 11.6 Å². The number of nitrogens with zero attached hydrogens (tertiary/aromatic N) is 3. The number of aryl methyl sites for hydroxylation is 2. The van der Waals surface area contributed by atoms with Crippen molar-refractivity contribution in [2.45, 2.75) is 11.8 Å². The molecule has 0 unspecified atom stereocenters. The summed E-state index contributed by atoms with van der Waals surface area (Å²) in [5, 5.41) is 16.7. The largest absolute Gasteiger partial charge is 0.338 e. The van der Waals surface area contributed by atoms with Gasteiger partial charge in [0.05, 0.1) is 11.4 Å². The van der Waals surface area contributed by atoms with Gasteiger partial charge >= 0.3 is 0 Å². The lowest BCUT2D eigenvalue weighted by molar-refractivity contribution is 0.764. The van der Waals surface area contributed by atoms with E-state index in [4.69, 9.17) is 5.26 Å². The van der Waals surface area contributed by atoms with Crippen LogP contribution < -0.4 is 5.32 Å². The summed E-state index contributed by atoms with van der Waals surface area (Å²) in [4.78, 5) is 1.14. The van der Waals surface area contributed by atoms with E-state index in [0.717, 1.165) is 22.1 Å². The Kier molecular flexibility index (Phi) is 3.58. The van der Waals surface area contributed by atoms with E-state index in [9.17, 15) is 0 Å². The van der Waals surface area contributed by atoms with Crippen LogP contribution in [0.5, 0.6) is 0 Å². The third-order valence-electron chi connectivity index (χ3n) is 2.69. The molecule has 0 aliphatic heterocycles. The van der Waals surface area contributed by atoms with Crippen LogP contribution in [0.15, 0.2) is 29.2 Å². The van der Waals surface area contributed by atoms with Crippen molar-refractivity contribution in [1.82, 2.24) is 9.78 Å². The fourth-order valence-electron chi connectivity index (χ4n) is 1.81. The van der Waals surface area contributed by atoms with Gasteiger partial charge in [-0.05, 0) is 25.3 Å². The van der Waals surface area contributed by atoms with Gasteiger partial charge in [-0.1, -0.05) is 12.1 Å². The quantitative estimate of drug-likeness (QED) is 0.860. The Balaban J connectivity index is 2.44. The highest BCUT2D eigenvalue weighted by molar-refractivity contribution is 7.98. The van der Waals surface area contributed by atoms with Gasteiger partial charge in [0.2, 0.25) is 0 Å². The van der Waals surface area contributed by atoms with Gasteiger partial charge in [0.25, 0.3) is 0 Å². The molecular weight excluding hydrogens is 244 g/mol. The van der Waals surface area contributed by atoms with Crippen LogP contribution in [0.2, 0.25) is 0 Å². The minimum atomic E-state index is 0.591. The molecule has 2 rings (SSSR count). The highest BCUT2D eigenvalue weighted by Crippen LogP contribution is 2.29. The number of rotatable bonds is 3. The topological polar surface area (TPSA) is 53.6 Å². The first kappa shape index (κ1) is 12.5. The summed E-state index contributed by atoms with van der Waals surface area (Å²) in [5.74, 6) is 0.733. The number of thioether (sulfide) groups is 1. The summed E-state index contributed by atoms with van der Waals surface area (Å²) in [6.45, 7) is 1.84. The maximum Gasteiger partial charge on any atom is 0.146 e. The molecule has 0 saturated heterocycles. The van der Waals surface area contributed by atoms with E-state index < -0.39 is 0 Å². The van der Waals surface area contributed by atoms with Crippen molar-refractivity contribution in [1.29, 1.82) is 5.26 Å². The van der Waals surface area contributed by atoms with E-state index in [1.165, 1.54) is 0 Å². The molecule has 0 aliphatic carbocycles. The summed E-state index contributed by atoms with van der Waals surface area (Å²) < 4.78 is 1.70. The van der Waals surface area contributed by atoms with Crippen LogP contribution in [-0.2, 0) is 7.05 Å². The molecule has 1 N–H and O–H groups in total. The molecule has 0 amide bonds. The molecule has 0 bridgehead atoms. The van der Waals surface area contributed by atoms with Gasteiger partial charge in [0.1, 0.15) is 17.5 Å². The summed E-state index contributed by atoms with van der Waals surface area (Å²) in [6.07, 6.45) is 2.03. The maximum absolute atomic E-state index is 9.17. The smallest absolute Gasteiger partial charge is 0.146 e. The Bertz CT molecular complexity index is 610. The highest BCUT2D eigenvalue weighted by Gasteiger charge is 2.13. The molecule has 5 heteroatoms. The van der Waals surface area contributed by atoms with Gasteiger partial charge in [-0.25, -0.2) is 0 Å². The van der Waals surface area contributed by atoms with E-state index >= 15 is 0 Å². The van der Waals surface area contributed by atoms with Crippen LogP contribution in [0, 0.1) is 18.3 Å². The average molecular weight is 258 g/mol. The van der Waals surface area contributed by atoms with Crippen LogP contribution in [0.4, 0.5) is 11.5 Å². The second kappa shape index (κ2) is 5.15. The normalized spacial score (nSPS) is 10.1. The Morgan fingerprint density at radius 2 is 2.11 bits per heavy atom. The van der Waals surface area contributed by atoms with Crippen LogP contribution in [0.1, 0.15) is 11.3 Å². The van der Waals surface area contributed by atoms with Crippen molar-refractivity contribution in [3.63, 3.8) is 0 Å². The minimum Gasteiger partial charge on any atom is -0.338 e. The van der Waals surface area contributed by atoms with Crippen molar-refractivity contribution >= 4 is 23.3 Å². The first-order valence-electron chi connectivity index (χ1n) is 5.51. The molecular formula is C13H14N4S. The second-order valence-corrected chi connectivity index (χ2v) is 4.72. The van der Waals surface area contributed by atoms with E-state index in [0.29, 0.717) is 5.56 Å². The minimum absolute atomic E-state index is 0.591. The van der Waals surface area contributed by atoms with Crippen molar-refractivity contribution in [2.24, 2.45) is 7.05 Å². The number of nitrogens with one attached hydrogen (secondary N) is 1. The number of para-hydroxylation sites is 1. The molecule has 2 aromatic rings. The van der Waals surface area contributed by atoms with E-state index in [2.05, 4.69) is 16.5 Å². The SMILES string of the molecule is CSc1ccccc1Nc1c(C#N)c(C)nn1C. The maximum atomic E-state index is 9.17. The van der Waals surface area contributed by atoms with Gasteiger partial charge < -0.3 is 5.32 Å². The third kappa shape index (κ3) is 2.20. The van der Waals surface area contributed by atoms with E-state index in [1.807, 2.05) is 44.5 Å². The fourth-order valence-corrected chi connectivity index (χ4v) is 2.36. The molecule has 92 valence electrons. The van der Waals surface area contributed by atoms with E-state index in [1.54, 1.807) is 16.4 Å². The molecule has 1 heterocycles. The van der Waals surface area contributed by atoms with Crippen LogP contribution >= 0.6 is 11.8 Å². The molecule has 0 aliphatic rings. The van der Waals surface area contributed by atoms with Crippen molar-refractivity contribution in [3.8, 4) is 6.07 Å². The number of anilines is 2. The standard InChI is InChI=1S/C13H14N4S/c1-9-10(8-14)13(17(2)16-9)15-11-6-4-5-7-12(11)18-3/h4-7,15H,1-3H3. The molecule has 4 nitrogen and oxygen atoms in total. The zero-order chi connectivity index (χ0) is 13.1. The predicted molar refractivity (Wildman–Crippen MR) is 74.2 cm³/mol. The Labute approximate surface area is 111 Å². The van der Waals surface area contributed by atoms with Gasteiger partial charge in [0.15, 0.2) is 0 Å². The average Bonchev–Trinajstić information content (AvgIpc) is 2.64. The second-order valence-electron chi connectivity index (χ2n) is 3.87. The van der Waals surface area contributed by atoms with Crippen LogP contribution in [0.3, 0.4) is 0 Å². The van der Waals surface area contributed by atoms with Crippen LogP contribution in [0.25, 0.3) is 0 Å². The predicted octanol–water partition coefficient (Wildman–Crippen LogP) is 3.07. The fraction of sp³-hybridized carbons (Fsp3) is 0.231. The van der Waals surface area contributed by atoms with Gasteiger partial charge in [0, 0.05) is 11.9 Å². The molecule has 0 fully saturated rings. The van der Waals surface area contributed by atoms with Crippen molar-refractivity contribution in [3.05, 3.63) is 35.5 Å². The van der Waals surface area contributed by atoms with Gasteiger partial charge in [-0.2, -0.15) is 10.4 Å². The summed E-state index contributed by atoms with van der Waals surface area (Å²) in [5.41, 5.74) is 2.32. The van der Waals surface area contributed by atoms with Gasteiger partial charge in [-0.3, -0.25) is 4.68 Å². The lowest BCUT2D eigenvalue weighted by Gasteiger charge is -2.10. The number of hydrogen-bond acceptors (Lipinski definition) is 4. The first-order chi connectivity index (χ1) is 8.67. The highest BCUT2D eigenvalue weighted by atomic mass is 32.2. The molecule has 18 heavy (non-hydrogen) atoms. The number of benzene rings is 1. The monoisotopic (exact) mass is 258 g/mol. The number of hydrogen-bond donors (Lipinski definition) is 1. The molecule has 0 saturated carbocycles. The van der Waals surface area contributed by atoms with Gasteiger partial charge in [-0.15, -0.1) is 11.8 Å². The zero-order valence-electron chi connectivity index (χ0n) is 10.6. The molecule has 1 aromatic carbocycles. The number of aromatic nitrogens is 2. The molecule has 1 aromatic heterocycles. The summed E-state index contributed by atoms with van der Waals surface area (Å²) >= 11 is 1.67. The summed E-state index contributed by atoms with van der Waals surface area (Å²) in [7, 11) is 1.83. The first-order valence-corrected chi connectivity index (χ1v) is 6.73. The molecule has 0 spiro atoms. The Morgan fingerprint density at radius 3 is 2.78 bits per heavy atom. The van der Waals surface area contributed by atoms with E-state index in [-0.39, 0.29) is 0 Å². The summed E-state index contributed by atoms with van der Waals surface area (Å²) in [6, 6.07) is 10.2.